The van der Waals surface area contributed by atoms with E-state index in [1.54, 1.807) is 6.92 Å². The Morgan fingerprint density at radius 3 is 2.33 bits per heavy atom. The summed E-state index contributed by atoms with van der Waals surface area (Å²) >= 11 is 0. The van der Waals surface area contributed by atoms with Gasteiger partial charge in [-0.1, -0.05) is 26.0 Å². The second-order valence-electron chi connectivity index (χ2n) is 3.52. The zero-order valence-corrected chi connectivity index (χ0v) is 8.53. The van der Waals surface area contributed by atoms with E-state index >= 15 is 0 Å². The number of hydrogen-bond acceptors (Lipinski definition) is 0. The molecule has 0 spiro atoms. The fourth-order valence-corrected chi connectivity index (χ4v) is 1.37. The van der Waals surface area contributed by atoms with Gasteiger partial charge in [-0.3, -0.25) is 0 Å². The monoisotopic (exact) mass is 220 g/mol. The van der Waals surface area contributed by atoms with Crippen molar-refractivity contribution in [3.8, 4) is 0 Å². The molecule has 0 aliphatic heterocycles. The van der Waals surface area contributed by atoms with Gasteiger partial charge in [-0.25, -0.2) is 4.39 Å². The van der Waals surface area contributed by atoms with Crippen molar-refractivity contribution in [3.63, 3.8) is 0 Å². The van der Waals surface area contributed by atoms with Crippen LogP contribution in [0.2, 0.25) is 0 Å². The van der Waals surface area contributed by atoms with E-state index in [1.165, 1.54) is 12.1 Å². The predicted octanol–water partition coefficient (Wildman–Crippen LogP) is 4.36. The maximum atomic E-state index is 13.5. The van der Waals surface area contributed by atoms with Crippen LogP contribution in [0.25, 0.3) is 0 Å². The minimum absolute atomic E-state index is 0.132. The van der Waals surface area contributed by atoms with Crippen LogP contribution in [0.15, 0.2) is 18.2 Å². The van der Waals surface area contributed by atoms with Gasteiger partial charge in [0.1, 0.15) is 5.82 Å². The Hall–Kier alpha value is -1.06. The van der Waals surface area contributed by atoms with Crippen molar-refractivity contribution in [2.24, 2.45) is 0 Å². The lowest BCUT2D eigenvalue weighted by molar-refractivity contribution is -0.140. The van der Waals surface area contributed by atoms with Gasteiger partial charge in [-0.05, 0) is 24.0 Å². The Bertz CT molecular complexity index is 341. The molecule has 4 heteroatoms. The first-order valence-electron chi connectivity index (χ1n) is 4.73. The third-order valence-electron chi connectivity index (χ3n) is 2.48. The Balaban J connectivity index is 3.23. The van der Waals surface area contributed by atoms with Crippen molar-refractivity contribution < 1.29 is 17.6 Å². The summed E-state index contributed by atoms with van der Waals surface area (Å²) < 4.78 is 50.6. The summed E-state index contributed by atoms with van der Waals surface area (Å²) in [5.74, 6) is -1.34. The fourth-order valence-electron chi connectivity index (χ4n) is 1.37. The average molecular weight is 220 g/mol. The highest BCUT2D eigenvalue weighted by molar-refractivity contribution is 5.30. The van der Waals surface area contributed by atoms with Gasteiger partial charge < -0.3 is 0 Å². The van der Waals surface area contributed by atoms with Crippen molar-refractivity contribution in [2.75, 3.05) is 0 Å². The molecule has 0 radical (unpaired) electrons. The summed E-state index contributed by atoms with van der Waals surface area (Å²) in [5.41, 5.74) is -1.05. The van der Waals surface area contributed by atoms with Gasteiger partial charge in [0.05, 0.1) is 5.56 Å². The molecule has 1 atom stereocenters. The lowest BCUT2D eigenvalue weighted by Gasteiger charge is -2.14. The smallest absolute Gasteiger partial charge is 0.206 e. The van der Waals surface area contributed by atoms with Crippen molar-refractivity contribution >= 4 is 0 Å². The summed E-state index contributed by atoms with van der Waals surface area (Å²) in [6.45, 7) is 3.52. The second-order valence-corrected chi connectivity index (χ2v) is 3.52. The standard InChI is InChI=1S/C11H12F4/c1-3-7(2)8-5-4-6-9(10(8)12)11(13,14)15/h4-7H,3H2,1-2H3/t7-/m1/s1. The van der Waals surface area contributed by atoms with E-state index in [2.05, 4.69) is 0 Å². The van der Waals surface area contributed by atoms with E-state index in [0.29, 0.717) is 6.42 Å². The quantitative estimate of drug-likeness (QED) is 0.649. The SMILES string of the molecule is CC[C@@H](C)c1cccc(C(F)(F)F)c1F. The number of benzene rings is 1. The predicted molar refractivity (Wildman–Crippen MR) is 50.1 cm³/mol. The topological polar surface area (TPSA) is 0 Å². The van der Waals surface area contributed by atoms with Crippen molar-refractivity contribution in [3.05, 3.63) is 35.1 Å². The van der Waals surface area contributed by atoms with Crippen LogP contribution in [-0.2, 0) is 6.18 Å². The first kappa shape index (κ1) is 12.0. The normalized spacial score (nSPS) is 14.0. The van der Waals surface area contributed by atoms with Gasteiger partial charge >= 0.3 is 6.18 Å². The molecule has 0 unspecified atom stereocenters. The molecular weight excluding hydrogens is 208 g/mol. The van der Waals surface area contributed by atoms with Gasteiger partial charge in [0.25, 0.3) is 0 Å². The van der Waals surface area contributed by atoms with Gasteiger partial charge in [0, 0.05) is 0 Å². The lowest BCUT2D eigenvalue weighted by atomic mass is 9.96. The molecule has 0 amide bonds. The van der Waals surface area contributed by atoms with Crippen molar-refractivity contribution in [1.82, 2.24) is 0 Å². The summed E-state index contributed by atoms with van der Waals surface area (Å²) in [5, 5.41) is 0. The molecule has 0 saturated heterocycles. The molecule has 0 saturated carbocycles. The van der Waals surface area contributed by atoms with E-state index in [0.717, 1.165) is 6.07 Å². The summed E-state index contributed by atoms with van der Waals surface area (Å²) in [7, 11) is 0. The minimum Gasteiger partial charge on any atom is -0.206 e. The van der Waals surface area contributed by atoms with E-state index in [-0.39, 0.29) is 11.5 Å². The average Bonchev–Trinajstić information content (AvgIpc) is 2.15. The van der Waals surface area contributed by atoms with Gasteiger partial charge in [-0.2, -0.15) is 13.2 Å². The largest absolute Gasteiger partial charge is 0.419 e. The molecule has 0 bridgehead atoms. The van der Waals surface area contributed by atoms with E-state index in [9.17, 15) is 17.6 Å². The molecule has 1 aromatic rings. The molecule has 0 aliphatic carbocycles. The number of halogens is 4. The Labute approximate surface area is 85.9 Å². The first-order chi connectivity index (χ1) is 6.88. The molecule has 84 valence electrons. The summed E-state index contributed by atoms with van der Waals surface area (Å²) in [6, 6.07) is 3.41. The summed E-state index contributed by atoms with van der Waals surface area (Å²) in [6.07, 6.45) is -4.01. The maximum absolute atomic E-state index is 13.5. The molecule has 1 aromatic carbocycles. The highest BCUT2D eigenvalue weighted by Gasteiger charge is 2.35. The van der Waals surface area contributed by atoms with Crippen LogP contribution in [0.1, 0.15) is 37.3 Å². The maximum Gasteiger partial charge on any atom is 0.419 e. The second kappa shape index (κ2) is 4.21. The van der Waals surface area contributed by atoms with Gasteiger partial charge in [-0.15, -0.1) is 0 Å². The van der Waals surface area contributed by atoms with Gasteiger partial charge in [0.2, 0.25) is 0 Å². The molecule has 0 aromatic heterocycles. The molecule has 0 heterocycles. The van der Waals surface area contributed by atoms with Crippen LogP contribution in [-0.4, -0.2) is 0 Å². The highest BCUT2D eigenvalue weighted by atomic mass is 19.4. The number of hydrogen-bond donors (Lipinski definition) is 0. The third kappa shape index (κ3) is 2.49. The van der Waals surface area contributed by atoms with Crippen molar-refractivity contribution in [2.45, 2.75) is 32.4 Å². The zero-order valence-electron chi connectivity index (χ0n) is 8.53. The van der Waals surface area contributed by atoms with E-state index in [1.807, 2.05) is 6.92 Å². The molecule has 0 N–H and O–H groups in total. The molecule has 15 heavy (non-hydrogen) atoms. The minimum atomic E-state index is -4.62. The van der Waals surface area contributed by atoms with E-state index in [4.69, 9.17) is 0 Å². The van der Waals surface area contributed by atoms with Crippen LogP contribution in [0.4, 0.5) is 17.6 Å². The molecule has 0 nitrogen and oxygen atoms in total. The van der Waals surface area contributed by atoms with E-state index < -0.39 is 17.6 Å². The molecular formula is C11H12F4. The number of rotatable bonds is 2. The first-order valence-corrected chi connectivity index (χ1v) is 4.73. The molecule has 1 rings (SSSR count). The van der Waals surface area contributed by atoms with Crippen LogP contribution in [0.5, 0.6) is 0 Å². The molecule has 0 aliphatic rings. The summed E-state index contributed by atoms with van der Waals surface area (Å²) in [4.78, 5) is 0. The van der Waals surface area contributed by atoms with Crippen LogP contribution in [0.3, 0.4) is 0 Å². The molecule has 0 fully saturated rings. The highest BCUT2D eigenvalue weighted by Crippen LogP contribution is 2.34. The van der Waals surface area contributed by atoms with Crippen LogP contribution in [0, 0.1) is 5.82 Å². The number of alkyl halides is 3. The zero-order chi connectivity index (χ0) is 11.6. The third-order valence-corrected chi connectivity index (χ3v) is 2.48. The Kier molecular flexibility index (Phi) is 3.37. The van der Waals surface area contributed by atoms with Crippen LogP contribution >= 0.6 is 0 Å². The van der Waals surface area contributed by atoms with Crippen LogP contribution < -0.4 is 0 Å². The van der Waals surface area contributed by atoms with Crippen molar-refractivity contribution in [1.29, 1.82) is 0 Å². The lowest BCUT2D eigenvalue weighted by Crippen LogP contribution is -2.10. The fraction of sp³-hybridized carbons (Fsp3) is 0.455. The Morgan fingerprint density at radius 1 is 1.27 bits per heavy atom. The van der Waals surface area contributed by atoms with Gasteiger partial charge in [0.15, 0.2) is 0 Å². The Morgan fingerprint density at radius 2 is 1.87 bits per heavy atom.